The number of imidazole rings is 2. The van der Waals surface area contributed by atoms with Crippen molar-refractivity contribution < 1.29 is 9.13 Å². The first-order chi connectivity index (χ1) is 23.4. The minimum atomic E-state index is -0.188. The Bertz CT molecular complexity index is 1970. The smallest absolute Gasteiger partial charge is 0.139 e. The summed E-state index contributed by atoms with van der Waals surface area (Å²) in [5, 5.41) is 0. The van der Waals surface area contributed by atoms with Gasteiger partial charge in [-0.1, -0.05) is 53.6 Å². The largest absolute Gasteiger partial charge is 0.380 e. The van der Waals surface area contributed by atoms with Crippen molar-refractivity contribution in [3.63, 3.8) is 0 Å². The van der Waals surface area contributed by atoms with Gasteiger partial charge >= 0.3 is 0 Å². The van der Waals surface area contributed by atoms with E-state index in [1.807, 2.05) is 0 Å². The van der Waals surface area contributed by atoms with E-state index in [2.05, 4.69) is 130 Å². The molecule has 8 heteroatoms. The molecule has 6 heterocycles. The molecule has 0 saturated carbocycles. The van der Waals surface area contributed by atoms with Crippen molar-refractivity contribution in [2.75, 3.05) is 49.8 Å². The molecule has 0 bridgehead atoms. The zero-order chi connectivity index (χ0) is 33.0. The topological polar surface area (TPSA) is 50.3 Å². The highest BCUT2D eigenvalue weighted by molar-refractivity contribution is 5.67. The van der Waals surface area contributed by atoms with Crippen LogP contribution in [0.1, 0.15) is 36.8 Å². The van der Waals surface area contributed by atoms with E-state index in [9.17, 15) is 4.39 Å². The Labute approximate surface area is 282 Å². The Kier molecular flexibility index (Phi) is 9.43. The van der Waals surface area contributed by atoms with Crippen LogP contribution in [0.5, 0.6) is 0 Å². The predicted octanol–water partition coefficient (Wildman–Crippen LogP) is 8.42. The molecule has 0 amide bonds. The van der Waals surface area contributed by atoms with Crippen LogP contribution >= 0.6 is 0 Å². The van der Waals surface area contributed by atoms with Gasteiger partial charge < -0.3 is 23.3 Å². The van der Waals surface area contributed by atoms with Crippen LogP contribution in [0.4, 0.5) is 15.8 Å². The lowest BCUT2D eigenvalue weighted by molar-refractivity contribution is 0.121. The Morgan fingerprint density at radius 3 is 1.94 bits per heavy atom. The predicted molar refractivity (Wildman–Crippen MR) is 194 cm³/mol. The van der Waals surface area contributed by atoms with Crippen molar-refractivity contribution in [3.8, 4) is 22.5 Å². The van der Waals surface area contributed by atoms with Crippen LogP contribution < -0.4 is 9.80 Å². The molecule has 0 unspecified atom stereocenters. The van der Waals surface area contributed by atoms with Crippen LogP contribution in [0.3, 0.4) is 0 Å². The zero-order valence-electron chi connectivity index (χ0n) is 28.2. The van der Waals surface area contributed by atoms with Gasteiger partial charge in [-0.15, -0.1) is 0 Å². The second kappa shape index (κ2) is 14.2. The Hall–Kier alpha value is -4.69. The quantitative estimate of drug-likeness (QED) is 0.175. The number of alkyl halides is 1. The number of anilines is 2. The number of methoxy groups -OCH3 is 1. The summed E-state index contributed by atoms with van der Waals surface area (Å²) in [7, 11) is 1.79. The van der Waals surface area contributed by atoms with Crippen molar-refractivity contribution in [1.29, 1.82) is 0 Å². The van der Waals surface area contributed by atoms with Crippen molar-refractivity contribution in [3.05, 3.63) is 109 Å². The molecular formula is C40H45FN6O. The Morgan fingerprint density at radius 2 is 1.33 bits per heavy atom. The molecule has 0 N–H and O–H groups in total. The summed E-state index contributed by atoms with van der Waals surface area (Å²) in [5.41, 5.74) is 11.2. The molecule has 6 aromatic rings. The first-order valence-corrected chi connectivity index (χ1v) is 17.2. The first kappa shape index (κ1) is 31.9. The maximum absolute atomic E-state index is 12.5. The van der Waals surface area contributed by atoms with Crippen molar-refractivity contribution in [1.82, 2.24) is 18.8 Å². The van der Waals surface area contributed by atoms with E-state index in [4.69, 9.17) is 14.7 Å². The van der Waals surface area contributed by atoms with Crippen molar-refractivity contribution in [2.24, 2.45) is 5.92 Å². The fraction of sp³-hybridized carbons (Fsp3) is 0.350. The minimum absolute atomic E-state index is 0.188. The second-order valence-electron chi connectivity index (χ2n) is 13.3. The highest BCUT2D eigenvalue weighted by atomic mass is 19.1. The van der Waals surface area contributed by atoms with E-state index in [1.165, 1.54) is 22.5 Å². The number of rotatable bonds is 7. The standard InChI is InChI=1S/C21H24FN3.C19H21N3O/c1-16-2-4-18(5-3-16)20-15-25-13-9-19(14-21(25)23-20)24-11-7-17(6-10-22)8-12-24;1-14-4-3-5-15(10-14)18-13-22-8-6-16(11-19(22)20-18)21-9-7-17(12-21)23-2/h2-5,9,13-15,17H,6-8,10-12H2,1H3;3-6,8,10-11,13,17H,7,9,12H2,1-2H3/t;17-/m.1/s1. The van der Waals surface area contributed by atoms with Crippen LogP contribution in [0, 0.1) is 19.8 Å². The van der Waals surface area contributed by atoms with Gasteiger partial charge in [-0.25, -0.2) is 9.97 Å². The highest BCUT2D eigenvalue weighted by Gasteiger charge is 2.23. The third-order valence-electron chi connectivity index (χ3n) is 9.89. The summed E-state index contributed by atoms with van der Waals surface area (Å²) in [6.45, 7) is 8.02. The van der Waals surface area contributed by atoms with Gasteiger partial charge in [0.05, 0.1) is 24.2 Å². The SMILES string of the molecule is CO[C@@H]1CCN(c2ccn3cc(-c4cccc(C)c4)nc3c2)C1.Cc1ccc(-c2cn3ccc(N4CCC(CCF)CC4)cc3n2)cc1. The summed E-state index contributed by atoms with van der Waals surface area (Å²) in [5.74, 6) is 0.546. The molecule has 8 rings (SSSR count). The number of benzene rings is 2. The third kappa shape index (κ3) is 7.09. The first-order valence-electron chi connectivity index (χ1n) is 17.2. The number of halogens is 1. The molecule has 248 valence electrons. The molecule has 7 nitrogen and oxygen atoms in total. The van der Waals surface area contributed by atoms with Gasteiger partial charge in [-0.2, -0.15) is 0 Å². The van der Waals surface area contributed by atoms with Crippen LogP contribution in [0.15, 0.2) is 97.6 Å². The lowest BCUT2D eigenvalue weighted by atomic mass is 9.94. The maximum Gasteiger partial charge on any atom is 0.139 e. The second-order valence-corrected chi connectivity index (χ2v) is 13.3. The molecule has 0 spiro atoms. The van der Waals surface area contributed by atoms with Crippen LogP contribution in [-0.4, -0.2) is 64.8 Å². The molecule has 2 aliphatic rings. The molecule has 2 fully saturated rings. The number of ether oxygens (including phenoxy) is 1. The van der Waals surface area contributed by atoms with E-state index < -0.39 is 0 Å². The number of hydrogen-bond acceptors (Lipinski definition) is 5. The maximum atomic E-state index is 12.5. The molecule has 0 aliphatic carbocycles. The number of fused-ring (bicyclic) bond motifs is 2. The highest BCUT2D eigenvalue weighted by Crippen LogP contribution is 2.28. The summed E-state index contributed by atoms with van der Waals surface area (Å²) in [6, 6.07) is 25.6. The van der Waals surface area contributed by atoms with Gasteiger partial charge in [0.2, 0.25) is 0 Å². The zero-order valence-corrected chi connectivity index (χ0v) is 28.2. The fourth-order valence-electron chi connectivity index (χ4n) is 6.93. The number of aromatic nitrogens is 4. The minimum Gasteiger partial charge on any atom is -0.380 e. The average Bonchev–Trinajstić information content (AvgIpc) is 3.87. The number of aryl methyl sites for hydroxylation is 2. The van der Waals surface area contributed by atoms with Crippen molar-refractivity contribution >= 4 is 22.7 Å². The van der Waals surface area contributed by atoms with Gasteiger partial charge in [0.25, 0.3) is 0 Å². The third-order valence-corrected chi connectivity index (χ3v) is 9.89. The van der Waals surface area contributed by atoms with Gasteiger partial charge in [-0.05, 0) is 63.6 Å². The molecule has 48 heavy (non-hydrogen) atoms. The number of hydrogen-bond donors (Lipinski definition) is 0. The normalized spacial score (nSPS) is 16.9. The number of piperidine rings is 1. The summed E-state index contributed by atoms with van der Waals surface area (Å²) in [6.07, 6.45) is 12.7. The van der Waals surface area contributed by atoms with Crippen LogP contribution in [-0.2, 0) is 4.74 Å². The molecule has 2 aromatic carbocycles. The monoisotopic (exact) mass is 644 g/mol. The van der Waals surface area contributed by atoms with E-state index in [-0.39, 0.29) is 6.67 Å². The van der Waals surface area contributed by atoms with Gasteiger partial charge in [-0.3, -0.25) is 4.39 Å². The van der Waals surface area contributed by atoms with Gasteiger partial charge in [0, 0.05) is 92.7 Å². The molecule has 2 aliphatic heterocycles. The lowest BCUT2D eigenvalue weighted by Crippen LogP contribution is -2.33. The summed E-state index contributed by atoms with van der Waals surface area (Å²) >= 11 is 0. The fourth-order valence-corrected chi connectivity index (χ4v) is 6.93. The molecule has 1 atom stereocenters. The molecule has 2 saturated heterocycles. The van der Waals surface area contributed by atoms with E-state index >= 15 is 0 Å². The van der Waals surface area contributed by atoms with Gasteiger partial charge in [0.1, 0.15) is 11.3 Å². The van der Waals surface area contributed by atoms with E-state index in [0.29, 0.717) is 18.4 Å². The summed E-state index contributed by atoms with van der Waals surface area (Å²) in [4.78, 5) is 14.4. The summed E-state index contributed by atoms with van der Waals surface area (Å²) < 4.78 is 22.1. The lowest BCUT2D eigenvalue weighted by Gasteiger charge is -2.33. The molecule has 4 aromatic heterocycles. The molecular weight excluding hydrogens is 599 g/mol. The average molecular weight is 645 g/mol. The van der Waals surface area contributed by atoms with Gasteiger partial charge in [0.15, 0.2) is 0 Å². The van der Waals surface area contributed by atoms with Crippen LogP contribution in [0.25, 0.3) is 33.8 Å². The van der Waals surface area contributed by atoms with Crippen molar-refractivity contribution in [2.45, 2.75) is 45.6 Å². The Morgan fingerprint density at radius 1 is 0.708 bits per heavy atom. The number of pyridine rings is 2. The molecule has 0 radical (unpaired) electrons. The number of nitrogens with zero attached hydrogens (tertiary/aromatic N) is 6. The van der Waals surface area contributed by atoms with E-state index in [0.717, 1.165) is 79.3 Å². The van der Waals surface area contributed by atoms with E-state index in [1.54, 1.807) is 7.11 Å². The Balaban J connectivity index is 0.000000152. The van der Waals surface area contributed by atoms with Crippen LogP contribution in [0.2, 0.25) is 0 Å².